The van der Waals surface area contributed by atoms with Crippen LogP contribution in [0.5, 0.6) is 0 Å². The molecule has 0 aromatic rings. The second-order valence-electron chi connectivity index (χ2n) is 5.96. The van der Waals surface area contributed by atoms with Crippen LogP contribution in [0.4, 0.5) is 0 Å². The quantitative estimate of drug-likeness (QED) is 0.258. The summed E-state index contributed by atoms with van der Waals surface area (Å²) >= 11 is 0. The van der Waals surface area contributed by atoms with Crippen LogP contribution in [-0.2, 0) is 13.3 Å². The zero-order chi connectivity index (χ0) is 17.6. The fraction of sp³-hybridized carbons (Fsp3) is 0.941. The Balaban J connectivity index is 4.13. The first-order chi connectivity index (χ1) is 11.0. The van der Waals surface area contributed by atoms with Crippen LogP contribution in [0.3, 0.4) is 0 Å². The van der Waals surface area contributed by atoms with Crippen molar-refractivity contribution >= 4 is 14.5 Å². The Morgan fingerprint density at radius 3 is 1.96 bits per heavy atom. The molecule has 0 saturated heterocycles. The van der Waals surface area contributed by atoms with Gasteiger partial charge in [0.15, 0.2) is 0 Å². The lowest BCUT2D eigenvalue weighted by molar-refractivity contribution is 0.0710. The molecular weight excluding hydrogens is 308 g/mol. The number of hydrogen-bond donors (Lipinski definition) is 0. The van der Waals surface area contributed by atoms with Gasteiger partial charge in [-0.05, 0) is 74.0 Å². The maximum atomic E-state index is 5.86. The monoisotopic (exact) mass is 346 g/mol. The maximum Gasteiger partial charge on any atom is 0.500 e. The fourth-order valence-corrected chi connectivity index (χ4v) is 5.05. The molecule has 0 radical (unpaired) electrons. The summed E-state index contributed by atoms with van der Waals surface area (Å²) in [4.78, 5) is 6.91. The molecule has 0 aliphatic carbocycles. The SMILES string of the molecule is CCO[Si](CCCN=C(C)CCCCN(C)C)(OCC)OCC. The molecule has 0 heterocycles. The van der Waals surface area contributed by atoms with Gasteiger partial charge >= 0.3 is 8.80 Å². The topological polar surface area (TPSA) is 43.3 Å². The largest absolute Gasteiger partial charge is 0.500 e. The van der Waals surface area contributed by atoms with Gasteiger partial charge in [0.2, 0.25) is 0 Å². The molecule has 0 spiro atoms. The Kier molecular flexibility index (Phi) is 13.9. The Morgan fingerprint density at radius 2 is 1.48 bits per heavy atom. The Labute approximate surface area is 144 Å². The Morgan fingerprint density at radius 1 is 0.913 bits per heavy atom. The van der Waals surface area contributed by atoms with Crippen molar-refractivity contribution in [1.82, 2.24) is 4.90 Å². The average molecular weight is 347 g/mol. The number of hydrogen-bond acceptors (Lipinski definition) is 5. The number of nitrogens with zero attached hydrogens (tertiary/aromatic N) is 2. The normalized spacial score (nSPS) is 13.1. The van der Waals surface area contributed by atoms with Gasteiger partial charge in [-0.3, -0.25) is 4.99 Å². The van der Waals surface area contributed by atoms with Crippen LogP contribution < -0.4 is 0 Å². The van der Waals surface area contributed by atoms with E-state index in [-0.39, 0.29) is 0 Å². The van der Waals surface area contributed by atoms with E-state index in [4.69, 9.17) is 13.3 Å². The predicted molar refractivity (Wildman–Crippen MR) is 100 cm³/mol. The standard InChI is InChI=1S/C17H38N2O3Si/c1-7-20-23(21-8-2,22-9-3)16-12-14-18-17(4)13-10-11-15-19(5)6/h7-16H2,1-6H3. The molecule has 6 heteroatoms. The molecule has 0 amide bonds. The van der Waals surface area contributed by atoms with Crippen molar-refractivity contribution in [2.75, 3.05) is 47.0 Å². The van der Waals surface area contributed by atoms with Crippen LogP contribution >= 0.6 is 0 Å². The van der Waals surface area contributed by atoms with Gasteiger partial charge in [-0.2, -0.15) is 0 Å². The van der Waals surface area contributed by atoms with Crippen molar-refractivity contribution < 1.29 is 13.3 Å². The first-order valence-electron chi connectivity index (χ1n) is 9.06. The molecule has 0 bridgehead atoms. The van der Waals surface area contributed by atoms with E-state index in [2.05, 4.69) is 30.9 Å². The van der Waals surface area contributed by atoms with Crippen molar-refractivity contribution in [3.63, 3.8) is 0 Å². The van der Waals surface area contributed by atoms with Crippen molar-refractivity contribution in [2.45, 2.75) is 59.4 Å². The van der Waals surface area contributed by atoms with E-state index < -0.39 is 8.80 Å². The lowest BCUT2D eigenvalue weighted by Gasteiger charge is -2.28. The van der Waals surface area contributed by atoms with Crippen LogP contribution in [0.25, 0.3) is 0 Å². The third kappa shape index (κ3) is 11.8. The van der Waals surface area contributed by atoms with E-state index >= 15 is 0 Å². The highest BCUT2D eigenvalue weighted by molar-refractivity contribution is 6.60. The van der Waals surface area contributed by atoms with Crippen LogP contribution in [0.15, 0.2) is 4.99 Å². The third-order valence-corrected chi connectivity index (χ3v) is 6.66. The molecule has 138 valence electrons. The highest BCUT2D eigenvalue weighted by Gasteiger charge is 2.39. The maximum absolute atomic E-state index is 5.86. The van der Waals surface area contributed by atoms with E-state index in [1.807, 2.05) is 20.8 Å². The summed E-state index contributed by atoms with van der Waals surface area (Å²) in [5.74, 6) is 0. The zero-order valence-electron chi connectivity index (χ0n) is 16.2. The zero-order valence-corrected chi connectivity index (χ0v) is 17.2. The molecular formula is C17H38N2O3Si. The summed E-state index contributed by atoms with van der Waals surface area (Å²) < 4.78 is 17.6. The van der Waals surface area contributed by atoms with E-state index in [1.54, 1.807) is 0 Å². The highest BCUT2D eigenvalue weighted by atomic mass is 28.4. The molecule has 0 atom stereocenters. The molecule has 0 aliphatic rings. The molecule has 0 aromatic heterocycles. The van der Waals surface area contributed by atoms with Crippen LogP contribution in [-0.4, -0.2) is 66.4 Å². The minimum atomic E-state index is -2.49. The minimum Gasteiger partial charge on any atom is -0.374 e. The first kappa shape index (κ1) is 22.7. The number of unbranched alkanes of at least 4 members (excludes halogenated alkanes) is 1. The molecule has 0 fully saturated rings. The van der Waals surface area contributed by atoms with Crippen molar-refractivity contribution in [1.29, 1.82) is 0 Å². The van der Waals surface area contributed by atoms with E-state index in [1.165, 1.54) is 18.6 Å². The smallest absolute Gasteiger partial charge is 0.374 e. The highest BCUT2D eigenvalue weighted by Crippen LogP contribution is 2.18. The van der Waals surface area contributed by atoms with Crippen LogP contribution in [0.1, 0.15) is 53.4 Å². The summed E-state index contributed by atoms with van der Waals surface area (Å²) in [5.41, 5.74) is 1.25. The molecule has 0 aromatic carbocycles. The fourth-order valence-electron chi connectivity index (χ4n) is 2.45. The summed E-state index contributed by atoms with van der Waals surface area (Å²) in [6.07, 6.45) is 4.50. The van der Waals surface area contributed by atoms with Gasteiger partial charge in [-0.15, -0.1) is 0 Å². The summed E-state index contributed by atoms with van der Waals surface area (Å²) in [6.45, 7) is 12.0. The summed E-state index contributed by atoms with van der Waals surface area (Å²) in [5, 5.41) is 0. The predicted octanol–water partition coefficient (Wildman–Crippen LogP) is 3.62. The van der Waals surface area contributed by atoms with Gasteiger partial charge in [0.1, 0.15) is 0 Å². The number of rotatable bonds is 15. The third-order valence-electron chi connectivity index (χ3n) is 3.51. The van der Waals surface area contributed by atoms with Crippen molar-refractivity contribution in [2.24, 2.45) is 4.99 Å². The Bertz CT molecular complexity index is 295. The van der Waals surface area contributed by atoms with E-state index in [0.717, 1.165) is 32.0 Å². The molecule has 0 saturated carbocycles. The van der Waals surface area contributed by atoms with Gasteiger partial charge < -0.3 is 18.2 Å². The van der Waals surface area contributed by atoms with Gasteiger partial charge in [-0.25, -0.2) is 0 Å². The average Bonchev–Trinajstić information content (AvgIpc) is 2.49. The molecule has 5 nitrogen and oxygen atoms in total. The van der Waals surface area contributed by atoms with Crippen LogP contribution in [0.2, 0.25) is 6.04 Å². The van der Waals surface area contributed by atoms with Gasteiger partial charge in [0, 0.05) is 38.1 Å². The van der Waals surface area contributed by atoms with Crippen molar-refractivity contribution in [3.8, 4) is 0 Å². The molecule has 0 rings (SSSR count). The Hall–Kier alpha value is -0.273. The summed E-state index contributed by atoms with van der Waals surface area (Å²) in [7, 11) is 1.75. The van der Waals surface area contributed by atoms with Crippen LogP contribution in [0, 0.1) is 0 Å². The van der Waals surface area contributed by atoms with E-state index in [9.17, 15) is 0 Å². The molecule has 0 aliphatic heterocycles. The molecule has 23 heavy (non-hydrogen) atoms. The van der Waals surface area contributed by atoms with Crippen molar-refractivity contribution in [3.05, 3.63) is 0 Å². The minimum absolute atomic E-state index is 0.639. The summed E-state index contributed by atoms with van der Waals surface area (Å²) in [6, 6.07) is 0.847. The second kappa shape index (κ2) is 14.1. The second-order valence-corrected chi connectivity index (χ2v) is 8.70. The first-order valence-corrected chi connectivity index (χ1v) is 11.0. The number of aliphatic imine (C=N–C) groups is 1. The van der Waals surface area contributed by atoms with Gasteiger partial charge in [0.05, 0.1) is 0 Å². The molecule has 0 unspecified atom stereocenters. The lowest BCUT2D eigenvalue weighted by atomic mass is 10.2. The lowest BCUT2D eigenvalue weighted by Crippen LogP contribution is -2.46. The van der Waals surface area contributed by atoms with Gasteiger partial charge in [0.25, 0.3) is 0 Å². The molecule has 0 N–H and O–H groups in total. The van der Waals surface area contributed by atoms with Gasteiger partial charge in [-0.1, -0.05) is 0 Å². The van der Waals surface area contributed by atoms with E-state index in [0.29, 0.717) is 19.8 Å².